The van der Waals surface area contributed by atoms with Gasteiger partial charge in [0, 0.05) is 17.3 Å². The van der Waals surface area contributed by atoms with Gasteiger partial charge >= 0.3 is 12.1 Å². The van der Waals surface area contributed by atoms with E-state index < -0.39 is 29.9 Å². The molecule has 2 atom stereocenters. The first-order valence-electron chi connectivity index (χ1n) is 8.16. The van der Waals surface area contributed by atoms with E-state index >= 15 is 0 Å². The van der Waals surface area contributed by atoms with E-state index in [2.05, 4.69) is 15.9 Å². The van der Waals surface area contributed by atoms with Crippen molar-refractivity contribution in [3.05, 3.63) is 33.8 Å². The Hall–Kier alpha value is -1.96. The topological polar surface area (TPSA) is 83.9 Å². The zero-order chi connectivity index (χ0) is 19.6. The van der Waals surface area contributed by atoms with Crippen LogP contribution in [0, 0.1) is 0 Å². The average Bonchev–Trinajstić information content (AvgIpc) is 2.87. The molecule has 0 saturated carbocycles. The monoisotopic (exact) mass is 429 g/mol. The molecule has 0 spiro atoms. The molecule has 1 amide bonds. The van der Waals surface area contributed by atoms with Crippen molar-refractivity contribution < 1.29 is 28.6 Å². The van der Waals surface area contributed by atoms with Crippen LogP contribution in [0.15, 0.2) is 22.7 Å². The zero-order valence-corrected chi connectivity index (χ0v) is 16.4. The quantitative estimate of drug-likeness (QED) is 0.789. The third kappa shape index (κ3) is 5.03. The number of ether oxygens (including phenoxy) is 1. The molecule has 1 aromatic carbocycles. The minimum absolute atomic E-state index is 0.0326. The van der Waals surface area contributed by atoms with Crippen LogP contribution < -0.4 is 0 Å². The summed E-state index contributed by atoms with van der Waals surface area (Å²) < 4.78 is 19.5. The fourth-order valence-electron chi connectivity index (χ4n) is 2.77. The Labute approximate surface area is 159 Å². The third-order valence-electron chi connectivity index (χ3n) is 3.89. The van der Waals surface area contributed by atoms with Crippen LogP contribution in [0.5, 0.6) is 0 Å². The van der Waals surface area contributed by atoms with Crippen molar-refractivity contribution in [3.8, 4) is 0 Å². The molecule has 1 heterocycles. The van der Waals surface area contributed by atoms with Crippen LogP contribution in [0.1, 0.15) is 43.1 Å². The Kier molecular flexibility index (Phi) is 6.05. The van der Waals surface area contributed by atoms with Gasteiger partial charge in [-0.2, -0.15) is 0 Å². The Morgan fingerprint density at radius 2 is 2.00 bits per heavy atom. The van der Waals surface area contributed by atoms with Gasteiger partial charge in [0.25, 0.3) is 0 Å². The third-order valence-corrected chi connectivity index (χ3v) is 4.55. The van der Waals surface area contributed by atoms with Crippen molar-refractivity contribution in [2.75, 3.05) is 6.54 Å². The van der Waals surface area contributed by atoms with Gasteiger partial charge in [-0.25, -0.2) is 14.0 Å². The zero-order valence-electron chi connectivity index (χ0n) is 14.8. The number of carbonyl (C=O) groups excluding carboxylic acids is 2. The Balaban J connectivity index is 2.13. The van der Waals surface area contributed by atoms with Gasteiger partial charge in [0.15, 0.2) is 5.78 Å². The number of carboxylic acids is 1. The van der Waals surface area contributed by atoms with Crippen molar-refractivity contribution in [3.63, 3.8) is 0 Å². The van der Waals surface area contributed by atoms with Crippen LogP contribution in [0.25, 0.3) is 0 Å². The van der Waals surface area contributed by atoms with Crippen LogP contribution in [-0.2, 0) is 16.0 Å². The van der Waals surface area contributed by atoms with Crippen molar-refractivity contribution in [1.82, 2.24) is 4.90 Å². The van der Waals surface area contributed by atoms with E-state index in [1.165, 1.54) is 12.1 Å². The number of carboxylic acid groups (broad SMARTS) is 1. The van der Waals surface area contributed by atoms with Crippen molar-refractivity contribution in [2.45, 2.75) is 51.4 Å². The normalized spacial score (nSPS) is 20.1. The number of hydrogen-bond donors (Lipinski definition) is 1. The van der Waals surface area contributed by atoms with Crippen molar-refractivity contribution in [2.24, 2.45) is 0 Å². The van der Waals surface area contributed by atoms with Gasteiger partial charge in [0.2, 0.25) is 0 Å². The number of alkyl halides is 1. The maximum atomic E-state index is 13.8. The summed E-state index contributed by atoms with van der Waals surface area (Å²) in [6.07, 6.45) is -2.09. The summed E-state index contributed by atoms with van der Waals surface area (Å²) in [6.45, 7) is 4.93. The number of hydrogen-bond acceptors (Lipinski definition) is 4. The molecular weight excluding hydrogens is 409 g/mol. The molecule has 1 saturated heterocycles. The molecule has 1 N–H and O–H groups in total. The highest BCUT2D eigenvalue weighted by Crippen LogP contribution is 2.26. The predicted molar refractivity (Wildman–Crippen MR) is 96.1 cm³/mol. The van der Waals surface area contributed by atoms with Crippen molar-refractivity contribution in [1.29, 1.82) is 0 Å². The Morgan fingerprint density at radius 3 is 2.54 bits per heavy atom. The van der Waals surface area contributed by atoms with Crippen LogP contribution in [-0.4, -0.2) is 52.2 Å². The molecule has 0 aromatic heterocycles. The second-order valence-electron chi connectivity index (χ2n) is 7.24. The lowest BCUT2D eigenvalue weighted by Gasteiger charge is -2.27. The average molecular weight is 430 g/mol. The summed E-state index contributed by atoms with van der Waals surface area (Å²) in [5.41, 5.74) is -0.0732. The maximum absolute atomic E-state index is 13.8. The Bertz CT molecular complexity index is 731. The predicted octanol–water partition coefficient (Wildman–Crippen LogP) is 3.61. The van der Waals surface area contributed by atoms with Crippen molar-refractivity contribution >= 4 is 33.8 Å². The number of benzene rings is 1. The number of carbonyl (C=O) groups is 3. The number of aromatic carboxylic acids is 1. The lowest BCUT2D eigenvalue weighted by atomic mass is 10.0. The number of ketones is 1. The van der Waals surface area contributed by atoms with Crippen LogP contribution in [0.2, 0.25) is 0 Å². The molecule has 1 fully saturated rings. The van der Waals surface area contributed by atoms with Crippen LogP contribution >= 0.6 is 15.9 Å². The minimum atomic E-state index is -1.28. The summed E-state index contributed by atoms with van der Waals surface area (Å²) >= 11 is 3.16. The van der Waals surface area contributed by atoms with E-state index in [4.69, 9.17) is 9.84 Å². The molecule has 1 aromatic rings. The summed E-state index contributed by atoms with van der Waals surface area (Å²) in [5.74, 6) is -1.40. The van der Waals surface area contributed by atoms with Gasteiger partial charge in [-0.05, 0) is 54.4 Å². The van der Waals surface area contributed by atoms with E-state index in [1.807, 2.05) is 0 Å². The van der Waals surface area contributed by atoms with Crippen LogP contribution in [0.4, 0.5) is 9.18 Å². The first kappa shape index (κ1) is 20.4. The summed E-state index contributed by atoms with van der Waals surface area (Å²) in [7, 11) is 0. The summed E-state index contributed by atoms with van der Waals surface area (Å²) in [6, 6.07) is 3.58. The fourth-order valence-corrected chi connectivity index (χ4v) is 3.37. The molecular formula is C18H21BrFNO5. The van der Waals surface area contributed by atoms with E-state index in [1.54, 1.807) is 26.8 Å². The highest BCUT2D eigenvalue weighted by atomic mass is 79.9. The fraction of sp³-hybridized carbons (Fsp3) is 0.500. The first-order chi connectivity index (χ1) is 12.0. The molecule has 0 aliphatic carbocycles. The van der Waals surface area contributed by atoms with Gasteiger partial charge in [-0.15, -0.1) is 0 Å². The van der Waals surface area contributed by atoms with Crippen LogP contribution in [0.3, 0.4) is 0 Å². The minimum Gasteiger partial charge on any atom is -0.478 e. The molecule has 0 bridgehead atoms. The number of likely N-dealkylation sites (tertiary alicyclic amines) is 1. The Morgan fingerprint density at radius 1 is 1.35 bits per heavy atom. The van der Waals surface area contributed by atoms with E-state index in [-0.39, 0.29) is 30.7 Å². The molecule has 2 rings (SSSR count). The number of amides is 1. The SMILES string of the molecule is CC(C)(C)OC(=O)N1C[C@H](F)C[C@H]1C(=O)Cc1ccc(C(=O)O)c(Br)c1. The number of nitrogens with zero attached hydrogens (tertiary/aromatic N) is 1. The van der Waals surface area contributed by atoms with Gasteiger partial charge in [0.1, 0.15) is 11.8 Å². The molecule has 1 aliphatic heterocycles. The van der Waals surface area contributed by atoms with Gasteiger partial charge in [-0.1, -0.05) is 6.07 Å². The molecule has 0 radical (unpaired) electrons. The molecule has 8 heteroatoms. The maximum Gasteiger partial charge on any atom is 0.411 e. The summed E-state index contributed by atoms with van der Waals surface area (Å²) in [5, 5.41) is 9.03. The van der Waals surface area contributed by atoms with Gasteiger partial charge in [-0.3, -0.25) is 9.69 Å². The second kappa shape index (κ2) is 7.73. The largest absolute Gasteiger partial charge is 0.478 e. The van der Waals surface area contributed by atoms with E-state index in [9.17, 15) is 18.8 Å². The summed E-state index contributed by atoms with van der Waals surface area (Å²) in [4.78, 5) is 37.1. The standard InChI is InChI=1S/C18H21BrFNO5/c1-18(2,3)26-17(25)21-9-11(20)8-14(21)15(22)7-10-4-5-12(16(23)24)13(19)6-10/h4-6,11,14H,7-9H2,1-3H3,(H,23,24)/t11-,14+/m1/s1. The lowest BCUT2D eigenvalue weighted by molar-refractivity contribution is -0.122. The smallest absolute Gasteiger partial charge is 0.411 e. The molecule has 6 nitrogen and oxygen atoms in total. The van der Waals surface area contributed by atoms with Gasteiger partial charge < -0.3 is 9.84 Å². The first-order valence-corrected chi connectivity index (χ1v) is 8.95. The number of halogens is 2. The second-order valence-corrected chi connectivity index (χ2v) is 8.10. The highest BCUT2D eigenvalue weighted by Gasteiger charge is 2.41. The molecule has 1 aliphatic rings. The number of Topliss-reactive ketones (excluding diaryl/α,β-unsaturated/α-hetero) is 1. The highest BCUT2D eigenvalue weighted by molar-refractivity contribution is 9.10. The molecule has 0 unspecified atom stereocenters. The van der Waals surface area contributed by atoms with E-state index in [0.717, 1.165) is 4.90 Å². The molecule has 142 valence electrons. The molecule has 26 heavy (non-hydrogen) atoms. The van der Waals surface area contributed by atoms with Gasteiger partial charge in [0.05, 0.1) is 18.2 Å². The van der Waals surface area contributed by atoms with E-state index in [0.29, 0.717) is 10.0 Å². The lowest BCUT2D eigenvalue weighted by Crippen LogP contribution is -2.44. The number of rotatable bonds is 4.